The monoisotopic (exact) mass is 370 g/mol. The van der Waals surface area contributed by atoms with Crippen molar-refractivity contribution in [2.45, 2.75) is 25.5 Å². The molecular formula is C17H30N4OS2. The van der Waals surface area contributed by atoms with Crippen LogP contribution in [0.15, 0.2) is 22.5 Å². The molecule has 1 saturated heterocycles. The molecule has 0 saturated carbocycles. The fourth-order valence-electron chi connectivity index (χ4n) is 2.86. The maximum absolute atomic E-state index is 5.70. The van der Waals surface area contributed by atoms with E-state index < -0.39 is 0 Å². The molecule has 1 aliphatic heterocycles. The maximum atomic E-state index is 5.70. The summed E-state index contributed by atoms with van der Waals surface area (Å²) in [5.74, 6) is 2.06. The Morgan fingerprint density at radius 1 is 1.54 bits per heavy atom. The van der Waals surface area contributed by atoms with Crippen LogP contribution in [0, 0.1) is 0 Å². The van der Waals surface area contributed by atoms with E-state index in [-0.39, 0.29) is 0 Å². The first-order valence-corrected chi connectivity index (χ1v) is 10.8. The van der Waals surface area contributed by atoms with Crippen LogP contribution in [0.1, 0.15) is 24.3 Å². The molecule has 1 aromatic heterocycles. The van der Waals surface area contributed by atoms with E-state index in [2.05, 4.69) is 51.2 Å². The first kappa shape index (κ1) is 19.6. The van der Waals surface area contributed by atoms with Gasteiger partial charge in [-0.05, 0) is 36.8 Å². The molecule has 2 unspecified atom stereocenters. The minimum atomic E-state index is 0.296. The molecule has 5 nitrogen and oxygen atoms in total. The summed E-state index contributed by atoms with van der Waals surface area (Å²) in [6.07, 6.45) is 3.59. The fourth-order valence-corrected chi connectivity index (χ4v) is 4.15. The average Bonchev–Trinajstić information content (AvgIpc) is 3.11. The average molecular weight is 371 g/mol. The molecule has 1 aliphatic rings. The molecule has 2 N–H and O–H groups in total. The van der Waals surface area contributed by atoms with Gasteiger partial charge in [0.2, 0.25) is 0 Å². The van der Waals surface area contributed by atoms with Crippen LogP contribution in [-0.4, -0.2) is 68.8 Å². The molecule has 0 bridgehead atoms. The molecule has 136 valence electrons. The highest BCUT2D eigenvalue weighted by Gasteiger charge is 2.26. The fraction of sp³-hybridized carbons (Fsp3) is 0.706. The van der Waals surface area contributed by atoms with Gasteiger partial charge in [-0.3, -0.25) is 9.89 Å². The minimum absolute atomic E-state index is 0.296. The molecule has 2 heterocycles. The zero-order chi connectivity index (χ0) is 17.2. The van der Waals surface area contributed by atoms with Crippen LogP contribution in [0.4, 0.5) is 0 Å². The van der Waals surface area contributed by atoms with Crippen LogP contribution in [0.5, 0.6) is 0 Å². The van der Waals surface area contributed by atoms with Gasteiger partial charge in [-0.15, -0.1) is 11.3 Å². The number of rotatable bonds is 8. The highest BCUT2D eigenvalue weighted by atomic mass is 32.2. The third-order valence-electron chi connectivity index (χ3n) is 4.09. The zero-order valence-corrected chi connectivity index (χ0v) is 16.6. The lowest BCUT2D eigenvalue weighted by Gasteiger charge is -2.37. The smallest absolute Gasteiger partial charge is 0.191 e. The van der Waals surface area contributed by atoms with Gasteiger partial charge >= 0.3 is 0 Å². The number of aliphatic imine (C=N–C) groups is 1. The minimum Gasteiger partial charge on any atom is -0.376 e. The standard InChI is InChI=1S/C17H30N4OS2/c1-14-13-21(8-9-22-14)15(16-6-4-11-24-16)12-20-17(18-2)19-7-5-10-23-3/h4,6,11,14-15H,5,7-10,12-13H2,1-3H3,(H2,18,19,20). The third kappa shape index (κ3) is 6.27. The van der Waals surface area contributed by atoms with Crippen LogP contribution in [0.25, 0.3) is 0 Å². The normalized spacial score (nSPS) is 20.8. The predicted molar refractivity (Wildman–Crippen MR) is 106 cm³/mol. The highest BCUT2D eigenvalue weighted by molar-refractivity contribution is 7.98. The van der Waals surface area contributed by atoms with Gasteiger partial charge in [0.05, 0.1) is 18.8 Å². The van der Waals surface area contributed by atoms with E-state index in [1.807, 2.05) is 30.1 Å². The Labute approximate surface area is 154 Å². The van der Waals surface area contributed by atoms with Crippen LogP contribution >= 0.6 is 23.1 Å². The number of hydrogen-bond donors (Lipinski definition) is 2. The SMILES string of the molecule is CN=C(NCCCSC)NCC(c1cccs1)N1CCOC(C)C1. The van der Waals surface area contributed by atoms with Crippen molar-refractivity contribution in [3.05, 3.63) is 22.4 Å². The number of hydrogen-bond acceptors (Lipinski definition) is 5. The van der Waals surface area contributed by atoms with Crippen molar-refractivity contribution in [3.63, 3.8) is 0 Å². The Kier molecular flexibility index (Phi) is 8.94. The zero-order valence-electron chi connectivity index (χ0n) is 15.0. The van der Waals surface area contributed by atoms with Gasteiger partial charge < -0.3 is 15.4 Å². The number of thioether (sulfide) groups is 1. The van der Waals surface area contributed by atoms with E-state index in [0.29, 0.717) is 12.1 Å². The summed E-state index contributed by atoms with van der Waals surface area (Å²) in [5.41, 5.74) is 0. The molecular weight excluding hydrogens is 340 g/mol. The van der Waals surface area contributed by atoms with Gasteiger partial charge in [0.15, 0.2) is 5.96 Å². The van der Waals surface area contributed by atoms with Gasteiger partial charge in [-0.25, -0.2) is 0 Å². The second kappa shape index (κ2) is 11.0. The summed E-state index contributed by atoms with van der Waals surface area (Å²) in [6, 6.07) is 4.72. The molecule has 7 heteroatoms. The summed E-state index contributed by atoms with van der Waals surface area (Å²) in [6.45, 7) is 6.73. The van der Waals surface area contributed by atoms with E-state index >= 15 is 0 Å². The molecule has 1 aromatic rings. The van der Waals surface area contributed by atoms with Gasteiger partial charge in [0.1, 0.15) is 0 Å². The summed E-state index contributed by atoms with van der Waals surface area (Å²) in [4.78, 5) is 8.27. The van der Waals surface area contributed by atoms with Crippen LogP contribution in [0.3, 0.4) is 0 Å². The van der Waals surface area contributed by atoms with Crippen molar-refractivity contribution in [2.75, 3.05) is 51.8 Å². The molecule has 0 spiro atoms. The molecule has 0 aliphatic carbocycles. The quantitative estimate of drug-likeness (QED) is 0.418. The van der Waals surface area contributed by atoms with E-state index in [0.717, 1.165) is 45.2 Å². The van der Waals surface area contributed by atoms with E-state index in [1.165, 1.54) is 10.6 Å². The molecule has 24 heavy (non-hydrogen) atoms. The Hall–Kier alpha value is -0.760. The molecule has 2 atom stereocenters. The van der Waals surface area contributed by atoms with Gasteiger partial charge in [0, 0.05) is 38.1 Å². The first-order chi connectivity index (χ1) is 11.7. The van der Waals surface area contributed by atoms with Crippen molar-refractivity contribution >= 4 is 29.1 Å². The van der Waals surface area contributed by atoms with Gasteiger partial charge in [0.25, 0.3) is 0 Å². The second-order valence-electron chi connectivity index (χ2n) is 5.93. The lowest BCUT2D eigenvalue weighted by Crippen LogP contribution is -2.48. The summed E-state index contributed by atoms with van der Waals surface area (Å²) in [7, 11) is 1.83. The summed E-state index contributed by atoms with van der Waals surface area (Å²) in [5, 5.41) is 9.06. The Morgan fingerprint density at radius 2 is 2.42 bits per heavy atom. The first-order valence-electron chi connectivity index (χ1n) is 8.57. The topological polar surface area (TPSA) is 48.9 Å². The number of nitrogens with zero attached hydrogens (tertiary/aromatic N) is 2. The van der Waals surface area contributed by atoms with Crippen LogP contribution < -0.4 is 10.6 Å². The Bertz CT molecular complexity index is 481. The van der Waals surface area contributed by atoms with Crippen molar-refractivity contribution in [2.24, 2.45) is 4.99 Å². The van der Waals surface area contributed by atoms with Crippen molar-refractivity contribution in [1.82, 2.24) is 15.5 Å². The van der Waals surface area contributed by atoms with Crippen molar-refractivity contribution < 1.29 is 4.74 Å². The third-order valence-corrected chi connectivity index (χ3v) is 5.76. The lowest BCUT2D eigenvalue weighted by atomic mass is 10.1. The number of guanidine groups is 1. The van der Waals surface area contributed by atoms with Gasteiger partial charge in [-0.2, -0.15) is 11.8 Å². The molecule has 0 amide bonds. The van der Waals surface area contributed by atoms with Gasteiger partial charge in [-0.1, -0.05) is 6.07 Å². The highest BCUT2D eigenvalue weighted by Crippen LogP contribution is 2.26. The molecule has 0 radical (unpaired) electrons. The largest absolute Gasteiger partial charge is 0.376 e. The summed E-state index contributed by atoms with van der Waals surface area (Å²) >= 11 is 3.70. The van der Waals surface area contributed by atoms with E-state index in [4.69, 9.17) is 4.74 Å². The van der Waals surface area contributed by atoms with Crippen molar-refractivity contribution in [1.29, 1.82) is 0 Å². The Balaban J connectivity index is 1.90. The second-order valence-corrected chi connectivity index (χ2v) is 7.90. The lowest BCUT2D eigenvalue weighted by molar-refractivity contribution is -0.0334. The molecule has 1 fully saturated rings. The molecule has 2 rings (SSSR count). The van der Waals surface area contributed by atoms with Crippen molar-refractivity contribution in [3.8, 4) is 0 Å². The maximum Gasteiger partial charge on any atom is 0.191 e. The number of thiophene rings is 1. The Morgan fingerprint density at radius 3 is 3.08 bits per heavy atom. The van der Waals surface area contributed by atoms with E-state index in [9.17, 15) is 0 Å². The van der Waals surface area contributed by atoms with Crippen LogP contribution in [0.2, 0.25) is 0 Å². The summed E-state index contributed by atoms with van der Waals surface area (Å²) < 4.78 is 5.70. The predicted octanol–water partition coefficient (Wildman–Crippen LogP) is 2.43. The number of morpholine rings is 1. The molecule has 0 aromatic carbocycles. The number of ether oxygens (including phenoxy) is 1. The van der Waals surface area contributed by atoms with E-state index in [1.54, 1.807) is 0 Å². The number of nitrogens with one attached hydrogen (secondary N) is 2. The van der Waals surface area contributed by atoms with Crippen LogP contribution in [-0.2, 0) is 4.74 Å².